The van der Waals surface area contributed by atoms with E-state index in [0.29, 0.717) is 5.82 Å². The Kier molecular flexibility index (Phi) is 3.81. The van der Waals surface area contributed by atoms with E-state index in [1.165, 1.54) is 19.3 Å². The van der Waals surface area contributed by atoms with Gasteiger partial charge in [0.1, 0.15) is 6.61 Å². The molecule has 1 rings (SSSR count). The van der Waals surface area contributed by atoms with E-state index in [4.69, 9.17) is 9.84 Å². The molecule has 6 heteroatoms. The van der Waals surface area contributed by atoms with E-state index in [2.05, 4.69) is 15.3 Å². The second-order valence-corrected chi connectivity index (χ2v) is 2.50. The first-order valence-electron chi connectivity index (χ1n) is 4.05. The molecule has 0 saturated carbocycles. The van der Waals surface area contributed by atoms with Crippen molar-refractivity contribution in [3.63, 3.8) is 0 Å². The minimum Gasteiger partial charge on any atom is -0.474 e. The van der Waals surface area contributed by atoms with E-state index in [1.54, 1.807) is 0 Å². The standard InChI is InChI=1S/C8H11N3O3/c1-6(13)10-7-4-9-5-8(11-7)14-3-2-12/h4-5,12H,2-3H2,1H3,(H,10,11,13). The molecule has 1 heterocycles. The number of aliphatic hydroxyl groups excluding tert-OH is 1. The molecule has 0 aliphatic rings. The summed E-state index contributed by atoms with van der Waals surface area (Å²) in [6, 6.07) is 0. The lowest BCUT2D eigenvalue weighted by atomic mass is 10.6. The average Bonchev–Trinajstić information content (AvgIpc) is 2.14. The molecule has 0 saturated heterocycles. The summed E-state index contributed by atoms with van der Waals surface area (Å²) in [5.74, 6) is 0.372. The van der Waals surface area contributed by atoms with Gasteiger partial charge < -0.3 is 15.2 Å². The molecular weight excluding hydrogens is 186 g/mol. The van der Waals surface area contributed by atoms with Gasteiger partial charge in [-0.2, -0.15) is 4.98 Å². The van der Waals surface area contributed by atoms with Gasteiger partial charge in [-0.05, 0) is 0 Å². The summed E-state index contributed by atoms with van der Waals surface area (Å²) in [5.41, 5.74) is 0. The largest absolute Gasteiger partial charge is 0.474 e. The molecule has 1 aromatic heterocycles. The van der Waals surface area contributed by atoms with Gasteiger partial charge in [-0.15, -0.1) is 0 Å². The summed E-state index contributed by atoms with van der Waals surface area (Å²) in [4.78, 5) is 18.4. The number of carbonyl (C=O) groups excluding carboxylic acids is 1. The molecule has 14 heavy (non-hydrogen) atoms. The molecule has 0 aliphatic heterocycles. The molecule has 1 aromatic rings. The summed E-state index contributed by atoms with van der Waals surface area (Å²) in [5, 5.41) is 11.0. The topological polar surface area (TPSA) is 84.3 Å². The normalized spacial score (nSPS) is 9.57. The SMILES string of the molecule is CC(=O)Nc1cncc(OCCO)n1. The molecule has 0 bridgehead atoms. The number of carbonyl (C=O) groups is 1. The van der Waals surface area contributed by atoms with Crippen molar-refractivity contribution in [1.82, 2.24) is 9.97 Å². The first-order valence-corrected chi connectivity index (χ1v) is 4.05. The maximum absolute atomic E-state index is 10.7. The van der Waals surface area contributed by atoms with Crippen molar-refractivity contribution in [1.29, 1.82) is 0 Å². The molecule has 0 aromatic carbocycles. The molecule has 0 radical (unpaired) electrons. The fourth-order valence-electron chi connectivity index (χ4n) is 0.808. The highest BCUT2D eigenvalue weighted by molar-refractivity contribution is 5.87. The molecule has 76 valence electrons. The van der Waals surface area contributed by atoms with Crippen LogP contribution in [0.3, 0.4) is 0 Å². The van der Waals surface area contributed by atoms with Gasteiger partial charge in [0.05, 0.1) is 19.0 Å². The predicted molar refractivity (Wildman–Crippen MR) is 48.9 cm³/mol. The second kappa shape index (κ2) is 5.13. The zero-order valence-corrected chi connectivity index (χ0v) is 7.73. The van der Waals surface area contributed by atoms with E-state index >= 15 is 0 Å². The van der Waals surface area contributed by atoms with Gasteiger partial charge in [0, 0.05) is 6.92 Å². The number of nitrogens with one attached hydrogen (secondary N) is 1. The Labute approximate surface area is 80.9 Å². The quantitative estimate of drug-likeness (QED) is 0.698. The second-order valence-electron chi connectivity index (χ2n) is 2.50. The fourth-order valence-corrected chi connectivity index (χ4v) is 0.808. The van der Waals surface area contributed by atoms with E-state index in [9.17, 15) is 4.79 Å². The molecule has 0 fully saturated rings. The number of hydrogen-bond donors (Lipinski definition) is 2. The molecule has 0 atom stereocenters. The van der Waals surface area contributed by atoms with Crippen molar-refractivity contribution in [3.8, 4) is 5.88 Å². The van der Waals surface area contributed by atoms with Crippen LogP contribution in [0.5, 0.6) is 5.88 Å². The van der Waals surface area contributed by atoms with Crippen LogP contribution in [0.2, 0.25) is 0 Å². The monoisotopic (exact) mass is 197 g/mol. The minimum absolute atomic E-state index is 0.0912. The lowest BCUT2D eigenvalue weighted by molar-refractivity contribution is -0.114. The van der Waals surface area contributed by atoms with Crippen LogP contribution in [-0.2, 0) is 4.79 Å². The Morgan fingerprint density at radius 1 is 1.64 bits per heavy atom. The molecule has 0 aliphatic carbocycles. The Hall–Kier alpha value is -1.69. The third-order valence-corrected chi connectivity index (χ3v) is 1.26. The van der Waals surface area contributed by atoms with Gasteiger partial charge in [-0.25, -0.2) is 0 Å². The Morgan fingerprint density at radius 3 is 3.07 bits per heavy atom. The van der Waals surface area contributed by atoms with Crippen LogP contribution in [-0.4, -0.2) is 34.2 Å². The number of aromatic nitrogens is 2. The highest BCUT2D eigenvalue weighted by atomic mass is 16.5. The minimum atomic E-state index is -0.224. The number of hydrogen-bond acceptors (Lipinski definition) is 5. The summed E-state index contributed by atoms with van der Waals surface area (Å²) >= 11 is 0. The van der Waals surface area contributed by atoms with Crippen LogP contribution in [0.25, 0.3) is 0 Å². The molecule has 0 spiro atoms. The maximum atomic E-state index is 10.7. The van der Waals surface area contributed by atoms with Gasteiger partial charge >= 0.3 is 0 Å². The predicted octanol–water partition coefficient (Wildman–Crippen LogP) is -0.194. The lowest BCUT2D eigenvalue weighted by Gasteiger charge is -2.04. The first-order chi connectivity index (χ1) is 6.72. The molecule has 1 amide bonds. The third kappa shape index (κ3) is 3.36. The first kappa shape index (κ1) is 10.4. The highest BCUT2D eigenvalue weighted by Gasteiger charge is 2.00. The third-order valence-electron chi connectivity index (χ3n) is 1.26. The van der Waals surface area contributed by atoms with E-state index in [1.807, 2.05) is 0 Å². The molecule has 0 unspecified atom stereocenters. The average molecular weight is 197 g/mol. The summed E-state index contributed by atoms with van der Waals surface area (Å²) in [7, 11) is 0. The number of amides is 1. The summed E-state index contributed by atoms with van der Waals surface area (Å²) in [6.45, 7) is 1.44. The van der Waals surface area contributed by atoms with Gasteiger partial charge in [-0.3, -0.25) is 9.78 Å². The number of nitrogens with zero attached hydrogens (tertiary/aromatic N) is 2. The summed E-state index contributed by atoms with van der Waals surface area (Å²) < 4.78 is 5.00. The Morgan fingerprint density at radius 2 is 2.43 bits per heavy atom. The van der Waals surface area contributed by atoms with Gasteiger partial charge in [0.2, 0.25) is 11.8 Å². The maximum Gasteiger partial charge on any atom is 0.234 e. The van der Waals surface area contributed by atoms with Crippen molar-refractivity contribution >= 4 is 11.7 Å². The fraction of sp³-hybridized carbons (Fsp3) is 0.375. The van der Waals surface area contributed by atoms with E-state index < -0.39 is 0 Å². The zero-order chi connectivity index (χ0) is 10.4. The van der Waals surface area contributed by atoms with Crippen molar-refractivity contribution in [3.05, 3.63) is 12.4 Å². The highest BCUT2D eigenvalue weighted by Crippen LogP contribution is 2.08. The van der Waals surface area contributed by atoms with Gasteiger partial charge in [-0.1, -0.05) is 0 Å². The number of aliphatic hydroxyl groups is 1. The molecule has 6 nitrogen and oxygen atoms in total. The van der Waals surface area contributed by atoms with Crippen molar-refractivity contribution in [2.24, 2.45) is 0 Å². The lowest BCUT2D eigenvalue weighted by Crippen LogP contribution is -2.09. The van der Waals surface area contributed by atoms with Crippen molar-refractivity contribution in [2.45, 2.75) is 6.92 Å². The molecule has 2 N–H and O–H groups in total. The van der Waals surface area contributed by atoms with Crippen molar-refractivity contribution < 1.29 is 14.6 Å². The number of anilines is 1. The van der Waals surface area contributed by atoms with Crippen LogP contribution < -0.4 is 10.1 Å². The van der Waals surface area contributed by atoms with Gasteiger partial charge in [0.25, 0.3) is 0 Å². The van der Waals surface area contributed by atoms with E-state index in [0.717, 1.165) is 0 Å². The van der Waals surface area contributed by atoms with Crippen LogP contribution in [0.15, 0.2) is 12.4 Å². The number of rotatable bonds is 4. The number of ether oxygens (including phenoxy) is 1. The van der Waals surface area contributed by atoms with Crippen molar-refractivity contribution in [2.75, 3.05) is 18.5 Å². The smallest absolute Gasteiger partial charge is 0.234 e. The van der Waals surface area contributed by atoms with E-state index in [-0.39, 0.29) is 25.0 Å². The Balaban J connectivity index is 2.63. The summed E-state index contributed by atoms with van der Waals surface area (Å²) in [6.07, 6.45) is 2.81. The van der Waals surface area contributed by atoms with Gasteiger partial charge in [0.15, 0.2) is 5.82 Å². The van der Waals surface area contributed by atoms with Crippen LogP contribution in [0, 0.1) is 0 Å². The zero-order valence-electron chi connectivity index (χ0n) is 7.73. The van der Waals surface area contributed by atoms with Crippen LogP contribution >= 0.6 is 0 Å². The molecular formula is C8H11N3O3. The van der Waals surface area contributed by atoms with Crippen LogP contribution in [0.4, 0.5) is 5.82 Å². The Bertz CT molecular complexity index is 316. The van der Waals surface area contributed by atoms with Crippen LogP contribution in [0.1, 0.15) is 6.92 Å².